The van der Waals surface area contributed by atoms with E-state index in [1.165, 1.54) is 16.5 Å². The van der Waals surface area contributed by atoms with Gasteiger partial charge in [0, 0.05) is 36.3 Å². The second kappa shape index (κ2) is 10.6. The predicted molar refractivity (Wildman–Crippen MR) is 138 cm³/mol. The molecule has 0 bridgehead atoms. The number of thiophene rings is 1. The van der Waals surface area contributed by atoms with E-state index in [-0.39, 0.29) is 12.4 Å². The van der Waals surface area contributed by atoms with Crippen LogP contribution in [-0.4, -0.2) is 17.7 Å². The van der Waals surface area contributed by atoms with Gasteiger partial charge < -0.3 is 4.74 Å². The van der Waals surface area contributed by atoms with Gasteiger partial charge in [0.2, 0.25) is 0 Å². The lowest BCUT2D eigenvalue weighted by Gasteiger charge is -2.26. The first-order valence-electron chi connectivity index (χ1n) is 11.5. The van der Waals surface area contributed by atoms with E-state index in [0.29, 0.717) is 16.9 Å². The standard InChI is InChI=1S/C29H24FN3OS/c30-27-9-5-4-8-23(27)20-34-24-12-10-21(11-13-24)17-32-29-26(16-31)25-14-15-33(19-28(25)35-29)18-22-6-2-1-3-7-22/h1-13,17H,14-15,18-20H2. The zero-order valence-electron chi connectivity index (χ0n) is 19.2. The molecule has 4 nitrogen and oxygen atoms in total. The van der Waals surface area contributed by atoms with Crippen molar-refractivity contribution >= 4 is 22.6 Å². The average Bonchev–Trinajstić information content (AvgIpc) is 3.25. The summed E-state index contributed by atoms with van der Waals surface area (Å²) in [7, 11) is 0. The molecule has 0 aliphatic carbocycles. The summed E-state index contributed by atoms with van der Waals surface area (Å²) >= 11 is 1.61. The zero-order valence-corrected chi connectivity index (χ0v) is 20.0. The number of hydrogen-bond acceptors (Lipinski definition) is 5. The van der Waals surface area contributed by atoms with Gasteiger partial charge in [0.1, 0.15) is 29.2 Å². The Balaban J connectivity index is 1.25. The summed E-state index contributed by atoms with van der Waals surface area (Å²) in [4.78, 5) is 8.31. The number of nitriles is 1. The average molecular weight is 482 g/mol. The number of rotatable bonds is 7. The maximum Gasteiger partial charge on any atom is 0.134 e. The highest BCUT2D eigenvalue weighted by Gasteiger charge is 2.24. The molecule has 0 saturated carbocycles. The Morgan fingerprint density at radius 3 is 2.57 bits per heavy atom. The number of ether oxygens (including phenoxy) is 1. The Labute approximate surface area is 208 Å². The summed E-state index contributed by atoms with van der Waals surface area (Å²) in [5, 5.41) is 10.6. The Bertz CT molecular complexity index is 1370. The molecule has 2 heterocycles. The molecule has 0 fully saturated rings. The first-order valence-corrected chi connectivity index (χ1v) is 12.3. The Hall–Kier alpha value is -3.79. The molecule has 0 radical (unpaired) electrons. The van der Waals surface area contributed by atoms with Crippen LogP contribution in [0.2, 0.25) is 0 Å². The molecule has 0 spiro atoms. The molecule has 174 valence electrons. The summed E-state index contributed by atoms with van der Waals surface area (Å²) in [6, 6.07) is 26.9. The van der Waals surface area contributed by atoms with Crippen LogP contribution in [0.5, 0.6) is 5.75 Å². The number of halogens is 1. The molecule has 0 unspecified atom stereocenters. The van der Waals surface area contributed by atoms with Crippen molar-refractivity contribution in [2.45, 2.75) is 26.1 Å². The lowest BCUT2D eigenvalue weighted by Crippen LogP contribution is -2.29. The van der Waals surface area contributed by atoms with Crippen LogP contribution in [0.1, 0.15) is 32.7 Å². The van der Waals surface area contributed by atoms with Crippen LogP contribution in [0.15, 0.2) is 83.9 Å². The molecule has 1 aliphatic heterocycles. The van der Waals surface area contributed by atoms with E-state index < -0.39 is 0 Å². The van der Waals surface area contributed by atoms with Crippen molar-refractivity contribution in [2.24, 2.45) is 4.99 Å². The Morgan fingerprint density at radius 1 is 1.03 bits per heavy atom. The van der Waals surface area contributed by atoms with Crippen LogP contribution < -0.4 is 4.74 Å². The maximum absolute atomic E-state index is 13.8. The fourth-order valence-corrected chi connectivity index (χ4v) is 5.37. The third-order valence-electron chi connectivity index (χ3n) is 6.04. The van der Waals surface area contributed by atoms with Crippen molar-refractivity contribution in [2.75, 3.05) is 6.54 Å². The van der Waals surface area contributed by atoms with Gasteiger partial charge in [-0.2, -0.15) is 5.26 Å². The second-order valence-electron chi connectivity index (χ2n) is 8.45. The lowest BCUT2D eigenvalue weighted by molar-refractivity contribution is 0.249. The molecular weight excluding hydrogens is 457 g/mol. The highest BCUT2D eigenvalue weighted by atomic mass is 32.1. The van der Waals surface area contributed by atoms with Gasteiger partial charge in [-0.05, 0) is 53.4 Å². The minimum absolute atomic E-state index is 0.174. The van der Waals surface area contributed by atoms with Crippen LogP contribution in [0, 0.1) is 17.1 Å². The summed E-state index contributed by atoms with van der Waals surface area (Å²) in [5.41, 5.74) is 4.57. The van der Waals surface area contributed by atoms with Gasteiger partial charge in [-0.15, -0.1) is 11.3 Å². The lowest BCUT2D eigenvalue weighted by atomic mass is 10.0. The minimum atomic E-state index is -0.272. The third kappa shape index (κ3) is 5.48. The van der Waals surface area contributed by atoms with Gasteiger partial charge in [0.25, 0.3) is 0 Å². The fraction of sp³-hybridized carbons (Fsp3) is 0.172. The molecule has 0 N–H and O–H groups in total. The van der Waals surface area contributed by atoms with Gasteiger partial charge in [-0.1, -0.05) is 48.5 Å². The molecule has 0 saturated heterocycles. The normalized spacial score (nSPS) is 13.5. The number of fused-ring (bicyclic) bond motifs is 1. The number of nitrogens with zero attached hydrogens (tertiary/aromatic N) is 3. The third-order valence-corrected chi connectivity index (χ3v) is 7.17. The van der Waals surface area contributed by atoms with E-state index in [2.05, 4.69) is 40.2 Å². The summed E-state index contributed by atoms with van der Waals surface area (Å²) in [5.74, 6) is 0.389. The van der Waals surface area contributed by atoms with E-state index in [1.807, 2.05) is 30.3 Å². The van der Waals surface area contributed by atoms with Crippen molar-refractivity contribution in [1.29, 1.82) is 5.26 Å². The molecule has 1 aromatic heterocycles. The summed E-state index contributed by atoms with van der Waals surface area (Å²) in [6.07, 6.45) is 2.64. The largest absolute Gasteiger partial charge is 0.489 e. The highest BCUT2D eigenvalue weighted by Crippen LogP contribution is 2.38. The number of benzene rings is 3. The van der Waals surface area contributed by atoms with Crippen LogP contribution in [0.4, 0.5) is 9.39 Å². The first-order chi connectivity index (χ1) is 17.2. The highest BCUT2D eigenvalue weighted by molar-refractivity contribution is 7.16. The molecule has 4 aromatic rings. The van der Waals surface area contributed by atoms with Crippen molar-refractivity contribution in [1.82, 2.24) is 4.90 Å². The van der Waals surface area contributed by atoms with E-state index in [4.69, 9.17) is 4.74 Å². The topological polar surface area (TPSA) is 48.6 Å². The summed E-state index contributed by atoms with van der Waals surface area (Å²) < 4.78 is 19.5. The second-order valence-corrected chi connectivity index (χ2v) is 9.53. The molecule has 6 heteroatoms. The summed E-state index contributed by atoms with van der Waals surface area (Å²) in [6.45, 7) is 2.86. The molecule has 3 aromatic carbocycles. The van der Waals surface area contributed by atoms with Crippen LogP contribution >= 0.6 is 11.3 Å². The maximum atomic E-state index is 13.8. The van der Waals surface area contributed by atoms with E-state index in [9.17, 15) is 9.65 Å². The van der Waals surface area contributed by atoms with Gasteiger partial charge in [0.15, 0.2) is 0 Å². The van der Waals surface area contributed by atoms with Crippen molar-refractivity contribution < 1.29 is 9.13 Å². The number of hydrogen-bond donors (Lipinski definition) is 0. The van der Waals surface area contributed by atoms with Crippen LogP contribution in [-0.2, 0) is 26.1 Å². The van der Waals surface area contributed by atoms with Gasteiger partial charge >= 0.3 is 0 Å². The molecule has 0 atom stereocenters. The van der Waals surface area contributed by atoms with E-state index in [1.54, 1.807) is 35.8 Å². The van der Waals surface area contributed by atoms with Crippen molar-refractivity contribution in [3.63, 3.8) is 0 Å². The smallest absolute Gasteiger partial charge is 0.134 e. The molecule has 35 heavy (non-hydrogen) atoms. The fourth-order valence-electron chi connectivity index (χ4n) is 4.18. The van der Waals surface area contributed by atoms with Crippen LogP contribution in [0.3, 0.4) is 0 Å². The molecular formula is C29H24FN3OS. The van der Waals surface area contributed by atoms with Crippen molar-refractivity contribution in [3.8, 4) is 11.8 Å². The molecule has 0 amide bonds. The minimum Gasteiger partial charge on any atom is -0.489 e. The monoisotopic (exact) mass is 481 g/mol. The van der Waals surface area contributed by atoms with E-state index in [0.717, 1.165) is 42.2 Å². The Kier molecular flexibility index (Phi) is 6.99. The SMILES string of the molecule is N#Cc1c(N=Cc2ccc(OCc3ccccc3F)cc2)sc2c1CCN(Cc1ccccc1)C2. The van der Waals surface area contributed by atoms with Gasteiger partial charge in [0.05, 0.1) is 5.56 Å². The van der Waals surface area contributed by atoms with Gasteiger partial charge in [-0.3, -0.25) is 4.90 Å². The number of aliphatic imine (C=N–C) groups is 1. The zero-order chi connectivity index (χ0) is 24.0. The predicted octanol–water partition coefficient (Wildman–Crippen LogP) is 6.65. The molecule has 1 aliphatic rings. The van der Waals surface area contributed by atoms with Crippen molar-refractivity contribution in [3.05, 3.63) is 117 Å². The molecule has 5 rings (SSSR count). The first kappa shape index (κ1) is 23.0. The van der Waals surface area contributed by atoms with Gasteiger partial charge in [-0.25, -0.2) is 9.38 Å². The van der Waals surface area contributed by atoms with Crippen LogP contribution in [0.25, 0.3) is 0 Å². The van der Waals surface area contributed by atoms with E-state index >= 15 is 0 Å². The quantitative estimate of drug-likeness (QED) is 0.278. The Morgan fingerprint density at radius 2 is 1.80 bits per heavy atom.